The molecule has 0 radical (unpaired) electrons. The number of thiophene rings is 2. The third-order valence-electron chi connectivity index (χ3n) is 3.79. The van der Waals surface area contributed by atoms with Crippen LogP contribution in [-0.4, -0.2) is 26.4 Å². The van der Waals surface area contributed by atoms with E-state index in [4.69, 9.17) is 18.9 Å². The molecular formula is C16H18O4S2. The maximum atomic E-state index is 5.61. The number of ether oxygens (including phenoxy) is 4. The van der Waals surface area contributed by atoms with E-state index in [1.165, 1.54) is 20.9 Å². The van der Waals surface area contributed by atoms with E-state index in [1.807, 2.05) is 0 Å². The maximum Gasteiger partial charge on any atom is 0.193 e. The molecular weight excluding hydrogens is 320 g/mol. The molecule has 22 heavy (non-hydrogen) atoms. The first-order valence-corrected chi connectivity index (χ1v) is 9.03. The highest BCUT2D eigenvalue weighted by atomic mass is 32.1. The van der Waals surface area contributed by atoms with E-state index >= 15 is 0 Å². The number of rotatable bonds is 3. The van der Waals surface area contributed by atoms with Crippen molar-refractivity contribution in [1.29, 1.82) is 0 Å². The summed E-state index contributed by atoms with van der Waals surface area (Å²) in [4.78, 5) is 4.88. The number of hydrogen-bond donors (Lipinski definition) is 0. The van der Waals surface area contributed by atoms with E-state index in [-0.39, 0.29) is 12.6 Å². The lowest BCUT2D eigenvalue weighted by atomic mass is 10.2. The summed E-state index contributed by atoms with van der Waals surface area (Å²) in [6.07, 6.45) is -0.391. The van der Waals surface area contributed by atoms with Crippen molar-refractivity contribution in [3.05, 3.63) is 33.0 Å². The van der Waals surface area contributed by atoms with Gasteiger partial charge < -0.3 is 18.9 Å². The summed E-state index contributed by atoms with van der Waals surface area (Å²) in [5.41, 5.74) is 2.53. The van der Waals surface area contributed by atoms with Crippen LogP contribution in [0.3, 0.4) is 0 Å². The predicted octanol–water partition coefficient (Wildman–Crippen LogP) is 4.18. The van der Waals surface area contributed by atoms with Gasteiger partial charge in [-0.05, 0) is 37.1 Å². The second kappa shape index (κ2) is 6.03. The molecule has 2 aromatic heterocycles. The van der Waals surface area contributed by atoms with Gasteiger partial charge in [0.1, 0.15) is 0 Å². The smallest absolute Gasteiger partial charge is 0.193 e. The van der Waals surface area contributed by atoms with Gasteiger partial charge in [0.25, 0.3) is 0 Å². The van der Waals surface area contributed by atoms with Crippen molar-refractivity contribution in [3.63, 3.8) is 0 Å². The largest absolute Gasteiger partial charge is 0.345 e. The van der Waals surface area contributed by atoms with Gasteiger partial charge in [-0.2, -0.15) is 0 Å². The molecule has 0 bridgehead atoms. The van der Waals surface area contributed by atoms with E-state index in [2.05, 4.69) is 26.0 Å². The van der Waals surface area contributed by atoms with Gasteiger partial charge in [0, 0.05) is 9.75 Å². The summed E-state index contributed by atoms with van der Waals surface area (Å²) in [5, 5.41) is 0. The first kappa shape index (κ1) is 14.8. The van der Waals surface area contributed by atoms with Gasteiger partial charge in [-0.25, -0.2) is 0 Å². The van der Waals surface area contributed by atoms with Crippen LogP contribution < -0.4 is 0 Å². The van der Waals surface area contributed by atoms with E-state index in [9.17, 15) is 0 Å². The Morgan fingerprint density at radius 1 is 0.727 bits per heavy atom. The molecule has 0 saturated carbocycles. The summed E-state index contributed by atoms with van der Waals surface area (Å²) >= 11 is 3.52. The van der Waals surface area contributed by atoms with Crippen molar-refractivity contribution >= 4 is 22.7 Å². The van der Waals surface area contributed by atoms with Gasteiger partial charge in [-0.1, -0.05) is 0 Å². The van der Waals surface area contributed by atoms with Crippen molar-refractivity contribution in [2.45, 2.75) is 26.4 Å². The molecule has 0 spiro atoms. The van der Waals surface area contributed by atoms with E-state index in [0.29, 0.717) is 26.4 Å². The molecule has 0 unspecified atom stereocenters. The lowest BCUT2D eigenvalue weighted by Gasteiger charge is -2.05. The van der Waals surface area contributed by atoms with Crippen molar-refractivity contribution in [2.75, 3.05) is 26.4 Å². The van der Waals surface area contributed by atoms with Gasteiger partial charge >= 0.3 is 0 Å². The van der Waals surface area contributed by atoms with Gasteiger partial charge in [-0.15, -0.1) is 22.7 Å². The Morgan fingerprint density at radius 3 is 1.45 bits per heavy atom. The fourth-order valence-corrected chi connectivity index (χ4v) is 5.35. The molecule has 2 saturated heterocycles. The molecule has 0 amide bonds. The van der Waals surface area contributed by atoms with Crippen LogP contribution in [0.25, 0.3) is 9.75 Å². The summed E-state index contributed by atoms with van der Waals surface area (Å²) in [6, 6.07) is 4.36. The van der Waals surface area contributed by atoms with Crippen LogP contribution in [0.2, 0.25) is 0 Å². The molecule has 0 atom stereocenters. The van der Waals surface area contributed by atoms with Crippen LogP contribution in [0.1, 0.15) is 33.5 Å². The Labute approximate surface area is 137 Å². The van der Waals surface area contributed by atoms with Crippen LogP contribution in [0, 0.1) is 13.8 Å². The van der Waals surface area contributed by atoms with E-state index in [1.54, 1.807) is 22.7 Å². The molecule has 0 N–H and O–H groups in total. The first-order valence-electron chi connectivity index (χ1n) is 7.40. The summed E-state index contributed by atoms with van der Waals surface area (Å²) in [6.45, 7) is 6.99. The molecule has 2 aliphatic rings. The standard InChI is InChI=1S/C16H18O4S2/c1-9-7-11(15-17-3-4-18-15)21-13(9)14-10(2)8-12(22-14)16-19-5-6-20-16/h7-8,15-16H,3-6H2,1-2H3. The minimum absolute atomic E-state index is 0.196. The molecule has 2 aliphatic heterocycles. The van der Waals surface area contributed by atoms with Crippen LogP contribution in [0.4, 0.5) is 0 Å². The molecule has 0 aromatic carbocycles. The molecule has 4 heterocycles. The highest BCUT2D eigenvalue weighted by Crippen LogP contribution is 2.44. The Bertz CT molecular complexity index is 605. The highest BCUT2D eigenvalue weighted by Gasteiger charge is 2.25. The molecule has 2 fully saturated rings. The second-order valence-electron chi connectivity index (χ2n) is 5.47. The topological polar surface area (TPSA) is 36.9 Å². The van der Waals surface area contributed by atoms with E-state index < -0.39 is 0 Å². The summed E-state index contributed by atoms with van der Waals surface area (Å²) in [7, 11) is 0. The first-order chi connectivity index (χ1) is 10.7. The molecule has 4 nitrogen and oxygen atoms in total. The van der Waals surface area contributed by atoms with Crippen molar-refractivity contribution in [1.82, 2.24) is 0 Å². The summed E-state index contributed by atoms with van der Waals surface area (Å²) in [5.74, 6) is 0. The van der Waals surface area contributed by atoms with Crippen LogP contribution in [0.15, 0.2) is 12.1 Å². The predicted molar refractivity (Wildman–Crippen MR) is 86.4 cm³/mol. The normalized spacial score (nSPS) is 20.3. The average molecular weight is 338 g/mol. The highest BCUT2D eigenvalue weighted by molar-refractivity contribution is 7.22. The molecule has 2 aromatic rings. The fraction of sp³-hybridized carbons (Fsp3) is 0.500. The van der Waals surface area contributed by atoms with Crippen LogP contribution >= 0.6 is 22.7 Å². The third kappa shape index (κ3) is 2.64. The average Bonchev–Trinajstić information content (AvgIpc) is 3.25. The van der Waals surface area contributed by atoms with Crippen LogP contribution in [-0.2, 0) is 18.9 Å². The zero-order valence-corrected chi connectivity index (χ0v) is 14.2. The number of aryl methyl sites for hydroxylation is 2. The van der Waals surface area contributed by atoms with Crippen molar-refractivity contribution in [3.8, 4) is 9.75 Å². The summed E-state index contributed by atoms with van der Waals surface area (Å²) < 4.78 is 22.4. The minimum atomic E-state index is -0.196. The monoisotopic (exact) mass is 338 g/mol. The maximum absolute atomic E-state index is 5.61. The fourth-order valence-electron chi connectivity index (χ4n) is 2.74. The van der Waals surface area contributed by atoms with Gasteiger partial charge in [0.15, 0.2) is 12.6 Å². The van der Waals surface area contributed by atoms with Crippen molar-refractivity contribution < 1.29 is 18.9 Å². The molecule has 0 aliphatic carbocycles. The zero-order valence-electron chi connectivity index (χ0n) is 12.6. The SMILES string of the molecule is Cc1cc(C2OCCO2)sc1-c1sc(C2OCCO2)cc1C. The lowest BCUT2D eigenvalue weighted by molar-refractivity contribution is -0.0415. The third-order valence-corrected chi connectivity index (χ3v) is 6.47. The van der Waals surface area contributed by atoms with E-state index in [0.717, 1.165) is 9.75 Å². The Hall–Kier alpha value is -0.760. The Balaban J connectivity index is 1.66. The van der Waals surface area contributed by atoms with Gasteiger partial charge in [0.05, 0.1) is 36.2 Å². The van der Waals surface area contributed by atoms with Crippen LogP contribution in [0.5, 0.6) is 0 Å². The Kier molecular flexibility index (Phi) is 4.06. The quantitative estimate of drug-likeness (QED) is 0.841. The molecule has 118 valence electrons. The zero-order chi connectivity index (χ0) is 15.1. The molecule has 6 heteroatoms. The van der Waals surface area contributed by atoms with Gasteiger partial charge in [-0.3, -0.25) is 0 Å². The lowest BCUT2D eigenvalue weighted by Crippen LogP contribution is -1.93. The Morgan fingerprint density at radius 2 is 1.09 bits per heavy atom. The van der Waals surface area contributed by atoms with Crippen molar-refractivity contribution in [2.24, 2.45) is 0 Å². The second-order valence-corrected chi connectivity index (χ2v) is 7.64. The van der Waals surface area contributed by atoms with Gasteiger partial charge in [0.2, 0.25) is 0 Å². The number of hydrogen-bond acceptors (Lipinski definition) is 6. The molecule has 4 rings (SSSR count). The minimum Gasteiger partial charge on any atom is -0.345 e.